The van der Waals surface area contributed by atoms with Crippen molar-refractivity contribution in [1.29, 1.82) is 0 Å². The molecule has 5 heteroatoms. The number of para-hydroxylation sites is 1. The van der Waals surface area contributed by atoms with Crippen LogP contribution in [0.1, 0.15) is 29.0 Å². The van der Waals surface area contributed by atoms with Crippen molar-refractivity contribution in [3.8, 4) is 5.75 Å². The van der Waals surface area contributed by atoms with Crippen molar-refractivity contribution in [2.75, 3.05) is 14.2 Å². The molecule has 0 radical (unpaired) electrons. The van der Waals surface area contributed by atoms with Gasteiger partial charge in [-0.1, -0.05) is 42.5 Å². The fourth-order valence-corrected chi connectivity index (χ4v) is 3.10. The van der Waals surface area contributed by atoms with Gasteiger partial charge in [0.15, 0.2) is 5.96 Å². The Morgan fingerprint density at radius 2 is 1.88 bits per heavy atom. The average Bonchev–Trinajstić information content (AvgIpc) is 3.38. The van der Waals surface area contributed by atoms with Crippen LogP contribution in [0.4, 0.5) is 0 Å². The van der Waals surface area contributed by atoms with E-state index in [1.807, 2.05) is 25.2 Å². The van der Waals surface area contributed by atoms with Crippen LogP contribution in [0.3, 0.4) is 0 Å². The molecule has 1 saturated carbocycles. The summed E-state index contributed by atoms with van der Waals surface area (Å²) in [5.74, 6) is 2.31. The molecule has 0 heterocycles. The summed E-state index contributed by atoms with van der Waals surface area (Å²) in [6.07, 6.45) is 1.15. The fraction of sp³-hybridized carbons (Fsp3) is 0.350. The van der Waals surface area contributed by atoms with Crippen LogP contribution in [0.15, 0.2) is 53.5 Å². The first-order valence-corrected chi connectivity index (χ1v) is 8.37. The number of aliphatic imine (C=N–C) groups is 1. The number of nitrogens with one attached hydrogen (secondary N) is 2. The monoisotopic (exact) mass is 451 g/mol. The van der Waals surface area contributed by atoms with Crippen molar-refractivity contribution in [1.82, 2.24) is 10.6 Å². The standard InChI is InChI=1S/C20H25N3O.HI/c1-14-8-4-6-10-16(14)17-12-18(17)23-20(21-2)22-13-15-9-5-7-11-19(15)24-3;/h4-11,17-18H,12-13H2,1-3H3,(H2,21,22,23);1H. The number of ether oxygens (including phenoxy) is 1. The number of hydrogen-bond donors (Lipinski definition) is 2. The summed E-state index contributed by atoms with van der Waals surface area (Å²) in [6.45, 7) is 2.87. The molecule has 2 N–H and O–H groups in total. The van der Waals surface area contributed by atoms with E-state index in [0.29, 0.717) is 18.5 Å². The first-order chi connectivity index (χ1) is 11.7. The molecule has 1 fully saturated rings. The van der Waals surface area contributed by atoms with Gasteiger partial charge in [-0.15, -0.1) is 24.0 Å². The normalized spacial score (nSPS) is 18.9. The number of hydrogen-bond acceptors (Lipinski definition) is 2. The van der Waals surface area contributed by atoms with E-state index in [9.17, 15) is 0 Å². The lowest BCUT2D eigenvalue weighted by molar-refractivity contribution is 0.409. The zero-order valence-corrected chi connectivity index (χ0v) is 17.3. The van der Waals surface area contributed by atoms with Crippen LogP contribution >= 0.6 is 24.0 Å². The second kappa shape index (κ2) is 9.08. The van der Waals surface area contributed by atoms with E-state index >= 15 is 0 Å². The van der Waals surface area contributed by atoms with E-state index in [4.69, 9.17) is 4.74 Å². The Hall–Kier alpha value is -1.76. The predicted octanol–water partition coefficient (Wildman–Crippen LogP) is 3.84. The molecule has 2 unspecified atom stereocenters. The van der Waals surface area contributed by atoms with Gasteiger partial charge in [0.1, 0.15) is 5.75 Å². The average molecular weight is 451 g/mol. The molecule has 0 bridgehead atoms. The Morgan fingerprint density at radius 1 is 1.16 bits per heavy atom. The van der Waals surface area contributed by atoms with Gasteiger partial charge in [-0.05, 0) is 30.5 Å². The van der Waals surface area contributed by atoms with Gasteiger partial charge in [0.2, 0.25) is 0 Å². The topological polar surface area (TPSA) is 45.7 Å². The molecule has 0 aliphatic heterocycles. The number of aryl methyl sites for hydroxylation is 1. The van der Waals surface area contributed by atoms with Crippen molar-refractivity contribution in [3.63, 3.8) is 0 Å². The second-order valence-electron chi connectivity index (χ2n) is 6.19. The van der Waals surface area contributed by atoms with Crippen molar-refractivity contribution < 1.29 is 4.74 Å². The molecule has 4 nitrogen and oxygen atoms in total. The highest BCUT2D eigenvalue weighted by Gasteiger charge is 2.39. The maximum Gasteiger partial charge on any atom is 0.191 e. The van der Waals surface area contributed by atoms with E-state index in [1.165, 1.54) is 11.1 Å². The number of guanidine groups is 1. The Bertz CT molecular complexity index is 732. The smallest absolute Gasteiger partial charge is 0.191 e. The molecule has 0 spiro atoms. The summed E-state index contributed by atoms with van der Waals surface area (Å²) in [5.41, 5.74) is 3.92. The summed E-state index contributed by atoms with van der Waals surface area (Å²) in [7, 11) is 3.51. The lowest BCUT2D eigenvalue weighted by Crippen LogP contribution is -2.38. The SMILES string of the molecule is CN=C(NCc1ccccc1OC)NC1CC1c1ccccc1C.I. The highest BCUT2D eigenvalue weighted by atomic mass is 127. The van der Waals surface area contributed by atoms with Gasteiger partial charge in [0, 0.05) is 31.1 Å². The number of halogens is 1. The molecule has 3 rings (SSSR count). The van der Waals surface area contributed by atoms with Gasteiger partial charge >= 0.3 is 0 Å². The third kappa shape index (κ3) is 4.87. The maximum absolute atomic E-state index is 5.39. The minimum absolute atomic E-state index is 0. The van der Waals surface area contributed by atoms with Crippen molar-refractivity contribution in [2.24, 2.45) is 4.99 Å². The number of benzene rings is 2. The van der Waals surface area contributed by atoms with Crippen LogP contribution < -0.4 is 15.4 Å². The van der Waals surface area contributed by atoms with E-state index in [1.54, 1.807) is 7.11 Å². The molecule has 0 saturated heterocycles. The largest absolute Gasteiger partial charge is 0.496 e. The van der Waals surface area contributed by atoms with E-state index < -0.39 is 0 Å². The first kappa shape index (κ1) is 19.6. The second-order valence-corrected chi connectivity index (χ2v) is 6.19. The predicted molar refractivity (Wildman–Crippen MR) is 114 cm³/mol. The van der Waals surface area contributed by atoms with Crippen molar-refractivity contribution in [3.05, 3.63) is 65.2 Å². The molecule has 2 aromatic rings. The van der Waals surface area contributed by atoms with Gasteiger partial charge in [-0.2, -0.15) is 0 Å². The maximum atomic E-state index is 5.39. The lowest BCUT2D eigenvalue weighted by Gasteiger charge is -2.14. The highest BCUT2D eigenvalue weighted by molar-refractivity contribution is 14.0. The van der Waals surface area contributed by atoms with Gasteiger partial charge in [0.25, 0.3) is 0 Å². The number of rotatable bonds is 5. The zero-order chi connectivity index (χ0) is 16.9. The summed E-state index contributed by atoms with van der Waals surface area (Å²) in [6, 6.07) is 17.1. The summed E-state index contributed by atoms with van der Waals surface area (Å²) in [4.78, 5) is 4.34. The molecule has 134 valence electrons. The van der Waals surface area contributed by atoms with Gasteiger partial charge in [-0.25, -0.2) is 0 Å². The van der Waals surface area contributed by atoms with Crippen LogP contribution in [0, 0.1) is 6.92 Å². The Labute approximate surface area is 167 Å². The molecule has 2 atom stereocenters. The third-order valence-electron chi connectivity index (χ3n) is 4.56. The first-order valence-electron chi connectivity index (χ1n) is 8.37. The van der Waals surface area contributed by atoms with Crippen molar-refractivity contribution in [2.45, 2.75) is 31.8 Å². The van der Waals surface area contributed by atoms with Gasteiger partial charge in [-0.3, -0.25) is 4.99 Å². The van der Waals surface area contributed by atoms with Crippen LogP contribution in [-0.4, -0.2) is 26.2 Å². The molecule has 25 heavy (non-hydrogen) atoms. The van der Waals surface area contributed by atoms with Crippen LogP contribution in [0.5, 0.6) is 5.75 Å². The van der Waals surface area contributed by atoms with E-state index in [0.717, 1.165) is 23.7 Å². The summed E-state index contributed by atoms with van der Waals surface area (Å²) >= 11 is 0. The molecular weight excluding hydrogens is 425 g/mol. The lowest BCUT2D eigenvalue weighted by atomic mass is 10.0. The van der Waals surface area contributed by atoms with Gasteiger partial charge in [0.05, 0.1) is 7.11 Å². The van der Waals surface area contributed by atoms with E-state index in [-0.39, 0.29) is 24.0 Å². The summed E-state index contributed by atoms with van der Waals surface area (Å²) < 4.78 is 5.39. The minimum Gasteiger partial charge on any atom is -0.496 e. The van der Waals surface area contributed by atoms with Gasteiger partial charge < -0.3 is 15.4 Å². The number of nitrogens with zero attached hydrogens (tertiary/aromatic N) is 1. The molecule has 1 aliphatic carbocycles. The van der Waals surface area contributed by atoms with Crippen molar-refractivity contribution >= 4 is 29.9 Å². The van der Waals surface area contributed by atoms with Crippen LogP contribution in [0.25, 0.3) is 0 Å². The minimum atomic E-state index is 0. The third-order valence-corrected chi connectivity index (χ3v) is 4.56. The molecule has 0 aromatic heterocycles. The zero-order valence-electron chi connectivity index (χ0n) is 15.0. The van der Waals surface area contributed by atoms with Crippen LogP contribution in [0.2, 0.25) is 0 Å². The van der Waals surface area contributed by atoms with E-state index in [2.05, 4.69) is 52.9 Å². The number of methoxy groups -OCH3 is 1. The summed E-state index contributed by atoms with van der Waals surface area (Å²) in [5, 5.41) is 6.90. The Balaban J connectivity index is 0.00000225. The molecular formula is C20H26IN3O. The molecule has 1 aliphatic rings. The molecule has 0 amide bonds. The van der Waals surface area contributed by atoms with Crippen LogP contribution in [-0.2, 0) is 6.54 Å². The quantitative estimate of drug-likeness (QED) is 0.413. The highest BCUT2D eigenvalue weighted by Crippen LogP contribution is 2.42. The Kier molecular flexibility index (Phi) is 7.11. The Morgan fingerprint density at radius 3 is 2.60 bits per heavy atom. The fourth-order valence-electron chi connectivity index (χ4n) is 3.10. The molecule has 2 aromatic carbocycles.